The van der Waals surface area contributed by atoms with Crippen LogP contribution in [0.4, 0.5) is 19.0 Å². The molecule has 0 bridgehead atoms. The number of carbonyl (C=O) groups is 5. The van der Waals surface area contributed by atoms with Gasteiger partial charge in [0.1, 0.15) is 11.9 Å². The molecule has 49 heavy (non-hydrogen) atoms. The van der Waals surface area contributed by atoms with Crippen molar-refractivity contribution in [3.05, 3.63) is 84.6 Å². The second-order valence-electron chi connectivity index (χ2n) is 10.4. The molecule has 6 N–H and O–H groups in total. The monoisotopic (exact) mass is 705 g/mol. The maximum absolute atomic E-state index is 13.4. The summed E-state index contributed by atoms with van der Waals surface area (Å²) < 4.78 is 31.7. The number of carboxylic acids is 2. The topological polar surface area (TPSA) is 187 Å². The van der Waals surface area contributed by atoms with Gasteiger partial charge in [0.15, 0.2) is 0 Å². The lowest BCUT2D eigenvalue weighted by Gasteiger charge is -2.23. The number of nitrogens with one attached hydrogen (secondary N) is 4. The van der Waals surface area contributed by atoms with Crippen LogP contribution in [0.1, 0.15) is 44.2 Å². The van der Waals surface area contributed by atoms with Crippen LogP contribution in [0.3, 0.4) is 0 Å². The normalized spacial score (nSPS) is 11.9. The Kier molecular flexibility index (Phi) is 17.1. The van der Waals surface area contributed by atoms with Crippen molar-refractivity contribution in [1.29, 1.82) is 0 Å². The van der Waals surface area contributed by atoms with Crippen molar-refractivity contribution in [2.45, 2.75) is 50.9 Å². The van der Waals surface area contributed by atoms with Crippen molar-refractivity contribution < 1.29 is 47.4 Å². The van der Waals surface area contributed by atoms with E-state index in [-0.39, 0.29) is 36.3 Å². The molecule has 0 aliphatic carbocycles. The number of unbranched alkanes of at least 4 members (excludes halogenated alkanes) is 1. The van der Waals surface area contributed by atoms with Gasteiger partial charge in [-0.05, 0) is 41.7 Å². The third kappa shape index (κ3) is 16.5. The second-order valence-corrected chi connectivity index (χ2v) is 11.4. The Labute approximate surface area is 285 Å². The van der Waals surface area contributed by atoms with Gasteiger partial charge in [0, 0.05) is 31.8 Å². The third-order valence-corrected chi connectivity index (χ3v) is 7.44. The van der Waals surface area contributed by atoms with Gasteiger partial charge < -0.3 is 31.5 Å². The van der Waals surface area contributed by atoms with E-state index in [9.17, 15) is 37.5 Å². The number of aliphatic carboxylic acids is 2. The van der Waals surface area contributed by atoms with Crippen LogP contribution >= 0.6 is 11.8 Å². The van der Waals surface area contributed by atoms with E-state index in [4.69, 9.17) is 9.90 Å². The summed E-state index contributed by atoms with van der Waals surface area (Å²) in [5.74, 6) is -3.56. The molecule has 3 rings (SSSR count). The SMILES string of the molecule is CC(=O)NCSC[C@@H](NC(=O)CCCCNc1ccccn1)C(=O)NC(CC(=O)O)c1ccc(-c2ccccc2)cc1.O=C(O)C(F)(F)F. The highest BCUT2D eigenvalue weighted by Gasteiger charge is 2.38. The molecule has 0 aliphatic rings. The molecule has 1 aromatic heterocycles. The molecule has 1 unspecified atom stereocenters. The predicted molar refractivity (Wildman–Crippen MR) is 178 cm³/mol. The average Bonchev–Trinajstić information content (AvgIpc) is 3.06. The zero-order valence-electron chi connectivity index (χ0n) is 26.5. The first-order valence-electron chi connectivity index (χ1n) is 15.0. The minimum atomic E-state index is -5.08. The number of halogens is 3. The number of aromatic nitrogens is 1. The number of pyridine rings is 1. The smallest absolute Gasteiger partial charge is 0.481 e. The van der Waals surface area contributed by atoms with E-state index in [0.717, 1.165) is 23.4 Å². The molecular weight excluding hydrogens is 667 g/mol. The lowest BCUT2D eigenvalue weighted by atomic mass is 9.99. The van der Waals surface area contributed by atoms with Gasteiger partial charge in [-0.25, -0.2) is 9.78 Å². The second kappa shape index (κ2) is 21.0. The number of carboxylic acid groups (broad SMARTS) is 2. The van der Waals surface area contributed by atoms with Gasteiger partial charge in [0.2, 0.25) is 17.7 Å². The predicted octanol–water partition coefficient (Wildman–Crippen LogP) is 4.61. The molecule has 0 fully saturated rings. The molecule has 0 saturated carbocycles. The molecule has 12 nitrogen and oxygen atoms in total. The zero-order chi connectivity index (χ0) is 36.2. The van der Waals surface area contributed by atoms with Crippen LogP contribution in [0.2, 0.25) is 0 Å². The Morgan fingerprint density at radius 1 is 0.857 bits per heavy atom. The zero-order valence-corrected chi connectivity index (χ0v) is 27.4. The van der Waals surface area contributed by atoms with Gasteiger partial charge in [0.05, 0.1) is 18.3 Å². The lowest BCUT2D eigenvalue weighted by molar-refractivity contribution is -0.192. The van der Waals surface area contributed by atoms with E-state index >= 15 is 0 Å². The number of benzene rings is 2. The number of nitrogens with zero attached hydrogens (tertiary/aromatic N) is 1. The third-order valence-electron chi connectivity index (χ3n) is 6.52. The number of rotatable bonds is 17. The summed E-state index contributed by atoms with van der Waals surface area (Å²) in [5.41, 5.74) is 2.63. The maximum Gasteiger partial charge on any atom is 0.490 e. The van der Waals surface area contributed by atoms with Crippen molar-refractivity contribution in [2.75, 3.05) is 23.5 Å². The number of anilines is 1. The van der Waals surface area contributed by atoms with Crippen LogP contribution in [0.25, 0.3) is 11.1 Å². The largest absolute Gasteiger partial charge is 0.490 e. The highest BCUT2D eigenvalue weighted by Crippen LogP contribution is 2.24. The molecule has 0 saturated heterocycles. The van der Waals surface area contributed by atoms with E-state index in [1.165, 1.54) is 18.7 Å². The quantitative estimate of drug-likeness (QED) is 0.0856. The van der Waals surface area contributed by atoms with Gasteiger partial charge in [-0.1, -0.05) is 60.7 Å². The van der Waals surface area contributed by atoms with Gasteiger partial charge in [-0.15, -0.1) is 11.8 Å². The minimum Gasteiger partial charge on any atom is -0.481 e. The van der Waals surface area contributed by atoms with Gasteiger partial charge >= 0.3 is 18.1 Å². The van der Waals surface area contributed by atoms with E-state index in [0.29, 0.717) is 18.5 Å². The van der Waals surface area contributed by atoms with Crippen molar-refractivity contribution >= 4 is 47.2 Å². The Morgan fingerprint density at radius 2 is 1.49 bits per heavy atom. The summed E-state index contributed by atoms with van der Waals surface area (Å²) >= 11 is 1.29. The van der Waals surface area contributed by atoms with Crippen molar-refractivity contribution in [2.24, 2.45) is 0 Å². The Morgan fingerprint density at radius 3 is 2.06 bits per heavy atom. The number of carbonyl (C=O) groups excluding carboxylic acids is 3. The first-order chi connectivity index (χ1) is 23.3. The van der Waals surface area contributed by atoms with Crippen LogP contribution in [-0.2, 0) is 24.0 Å². The molecule has 2 atom stereocenters. The minimum absolute atomic E-state index is 0.200. The molecule has 3 amide bonds. The molecule has 264 valence electrons. The Bertz CT molecular complexity index is 1500. The van der Waals surface area contributed by atoms with Gasteiger partial charge in [-0.2, -0.15) is 13.2 Å². The van der Waals surface area contributed by atoms with Crippen molar-refractivity contribution in [1.82, 2.24) is 20.9 Å². The number of alkyl halides is 3. The molecule has 0 aliphatic heterocycles. The van der Waals surface area contributed by atoms with Gasteiger partial charge in [-0.3, -0.25) is 19.2 Å². The number of thioether (sulfide) groups is 1. The summed E-state index contributed by atoms with van der Waals surface area (Å²) in [7, 11) is 0. The van der Waals surface area contributed by atoms with Crippen LogP contribution in [0, 0.1) is 0 Å². The number of hydrogen-bond donors (Lipinski definition) is 6. The average molecular weight is 706 g/mol. The Hall–Kier alpha value is -5.12. The summed E-state index contributed by atoms with van der Waals surface area (Å²) in [5, 5.41) is 28.1. The molecule has 3 aromatic rings. The summed E-state index contributed by atoms with van der Waals surface area (Å²) in [4.78, 5) is 62.1. The summed E-state index contributed by atoms with van der Waals surface area (Å²) in [6.07, 6.45) is -2.14. The molecular formula is C33H38F3N5O7S. The number of amides is 3. The van der Waals surface area contributed by atoms with E-state index in [2.05, 4.69) is 26.3 Å². The molecule has 1 heterocycles. The van der Waals surface area contributed by atoms with E-state index in [1.807, 2.05) is 60.7 Å². The fourth-order valence-electron chi connectivity index (χ4n) is 4.11. The highest BCUT2D eigenvalue weighted by molar-refractivity contribution is 7.99. The summed E-state index contributed by atoms with van der Waals surface area (Å²) in [6, 6.07) is 21.0. The van der Waals surface area contributed by atoms with Gasteiger partial charge in [0.25, 0.3) is 0 Å². The van der Waals surface area contributed by atoms with Crippen molar-refractivity contribution in [3.63, 3.8) is 0 Å². The first-order valence-corrected chi connectivity index (χ1v) is 16.2. The Balaban J connectivity index is 0.00000107. The molecule has 0 spiro atoms. The lowest BCUT2D eigenvalue weighted by Crippen LogP contribution is -2.49. The maximum atomic E-state index is 13.4. The van der Waals surface area contributed by atoms with Crippen LogP contribution < -0.4 is 21.3 Å². The fourth-order valence-corrected chi connectivity index (χ4v) is 5.00. The molecule has 0 radical (unpaired) electrons. The van der Waals surface area contributed by atoms with Crippen molar-refractivity contribution in [3.8, 4) is 11.1 Å². The van der Waals surface area contributed by atoms with E-state index in [1.54, 1.807) is 18.3 Å². The van der Waals surface area contributed by atoms with Crippen LogP contribution in [-0.4, -0.2) is 75.2 Å². The number of hydrogen-bond acceptors (Lipinski definition) is 8. The first kappa shape index (κ1) is 40.1. The van der Waals surface area contributed by atoms with E-state index < -0.39 is 36.1 Å². The van der Waals surface area contributed by atoms with Crippen LogP contribution in [0.5, 0.6) is 0 Å². The molecule has 2 aromatic carbocycles. The summed E-state index contributed by atoms with van der Waals surface area (Å²) in [6.45, 7) is 2.05. The molecule has 16 heteroatoms. The highest BCUT2D eigenvalue weighted by atomic mass is 32.2. The standard InChI is InChI=1S/C31H37N5O5S.C2HF3O2/c1-22(37)34-21-42-20-27(35-29(38)12-6-8-18-33-28-11-5-7-17-32-28)31(41)36-26(19-30(39)40)25-15-13-24(14-16-25)23-9-3-2-4-10-23;3-2(4,5)1(6)7/h2-5,7,9-11,13-17,26-27H,6,8,12,18-21H2,1H3,(H,32,33)(H,34,37)(H,35,38)(H,36,41)(H,39,40);(H,6,7)/t26?,27-;/m1./s1. The van der Waals surface area contributed by atoms with Crippen LogP contribution in [0.15, 0.2) is 79.0 Å². The fraction of sp³-hybridized carbons (Fsp3) is 0.333.